The largest absolute Gasteiger partial charge is 0.316 e. The molecule has 0 spiro atoms. The number of aromatic nitrogens is 5. The number of hydrogen-bond donors (Lipinski definition) is 3. The van der Waals surface area contributed by atoms with Crippen molar-refractivity contribution in [2.45, 2.75) is 18.6 Å². The van der Waals surface area contributed by atoms with E-state index in [1.165, 1.54) is 11.9 Å². The highest BCUT2D eigenvalue weighted by molar-refractivity contribution is 5.95. The second kappa shape index (κ2) is 7.36. The number of anilines is 1. The Balaban J connectivity index is 1.73. The quantitative estimate of drug-likeness (QED) is 0.478. The van der Waals surface area contributed by atoms with Gasteiger partial charge in [0.2, 0.25) is 0 Å². The van der Waals surface area contributed by atoms with Crippen molar-refractivity contribution in [2.24, 2.45) is 7.05 Å². The fourth-order valence-electron chi connectivity index (χ4n) is 4.03. The van der Waals surface area contributed by atoms with E-state index in [4.69, 9.17) is 4.84 Å². The van der Waals surface area contributed by atoms with Gasteiger partial charge in [0.25, 0.3) is 5.56 Å². The van der Waals surface area contributed by atoms with Gasteiger partial charge in [0.15, 0.2) is 0 Å². The molecule has 2 aromatic carbocycles. The Morgan fingerprint density at radius 3 is 2.77 bits per heavy atom. The summed E-state index contributed by atoms with van der Waals surface area (Å²) >= 11 is 0. The fourth-order valence-corrected chi connectivity index (χ4v) is 4.03. The van der Waals surface area contributed by atoms with Gasteiger partial charge in [-0.25, -0.2) is 10.1 Å². The van der Waals surface area contributed by atoms with E-state index >= 15 is 0 Å². The molecule has 9 heteroatoms. The van der Waals surface area contributed by atoms with Gasteiger partial charge in [-0.2, -0.15) is 10.2 Å². The Morgan fingerprint density at radius 1 is 1.20 bits per heavy atom. The molecule has 9 nitrogen and oxygen atoms in total. The molecular formula is C21H21N7O2. The van der Waals surface area contributed by atoms with Crippen LogP contribution in [0.3, 0.4) is 0 Å². The van der Waals surface area contributed by atoms with E-state index in [0.29, 0.717) is 22.6 Å². The van der Waals surface area contributed by atoms with E-state index in [-0.39, 0.29) is 11.5 Å². The van der Waals surface area contributed by atoms with Gasteiger partial charge >= 0.3 is 0 Å². The molecule has 0 saturated heterocycles. The summed E-state index contributed by atoms with van der Waals surface area (Å²) < 4.78 is 1.71. The number of H-pyrrole nitrogens is 1. The molecular weight excluding hydrogens is 382 g/mol. The Bertz CT molecular complexity index is 1260. The maximum absolute atomic E-state index is 12.4. The SMILES string of the molecule is CNCc1ccc(C2ONc3cccc4c(=O)[nH]nc(c34)C2c2ncnn2C)cc1. The van der Waals surface area contributed by atoms with Crippen LogP contribution in [0.4, 0.5) is 5.69 Å². The van der Waals surface area contributed by atoms with Crippen molar-refractivity contribution >= 4 is 16.5 Å². The average molecular weight is 403 g/mol. The molecule has 2 atom stereocenters. The van der Waals surface area contributed by atoms with E-state index in [1.54, 1.807) is 10.7 Å². The summed E-state index contributed by atoms with van der Waals surface area (Å²) in [7, 11) is 3.75. The molecule has 152 valence electrons. The van der Waals surface area contributed by atoms with Crippen LogP contribution in [-0.4, -0.2) is 32.0 Å². The van der Waals surface area contributed by atoms with Gasteiger partial charge in [0, 0.05) is 19.0 Å². The van der Waals surface area contributed by atoms with Crippen molar-refractivity contribution in [1.82, 2.24) is 30.3 Å². The van der Waals surface area contributed by atoms with Gasteiger partial charge in [0.1, 0.15) is 18.3 Å². The van der Waals surface area contributed by atoms with Crippen molar-refractivity contribution in [2.75, 3.05) is 12.5 Å². The Hall–Kier alpha value is -3.56. The molecule has 0 saturated carbocycles. The van der Waals surface area contributed by atoms with E-state index in [2.05, 4.69) is 43.2 Å². The normalized spacial score (nSPS) is 18.2. The van der Waals surface area contributed by atoms with E-state index in [9.17, 15) is 4.79 Å². The van der Waals surface area contributed by atoms with Crippen molar-refractivity contribution in [1.29, 1.82) is 0 Å². The number of aryl methyl sites for hydroxylation is 1. The van der Waals surface area contributed by atoms with Gasteiger partial charge in [-0.3, -0.25) is 19.8 Å². The number of nitrogens with zero attached hydrogens (tertiary/aromatic N) is 4. The average Bonchev–Trinajstić information content (AvgIpc) is 3.11. The highest BCUT2D eigenvalue weighted by Gasteiger charge is 2.37. The molecule has 1 aliphatic heterocycles. The van der Waals surface area contributed by atoms with Gasteiger partial charge in [-0.15, -0.1) is 0 Å². The van der Waals surface area contributed by atoms with Crippen LogP contribution in [0.25, 0.3) is 10.8 Å². The van der Waals surface area contributed by atoms with Crippen LogP contribution in [0.5, 0.6) is 0 Å². The lowest BCUT2D eigenvalue weighted by atomic mass is 9.89. The van der Waals surface area contributed by atoms with Crippen LogP contribution in [0, 0.1) is 0 Å². The first-order valence-electron chi connectivity index (χ1n) is 9.67. The summed E-state index contributed by atoms with van der Waals surface area (Å²) in [5.74, 6) is 0.307. The van der Waals surface area contributed by atoms with Crippen molar-refractivity contribution in [3.63, 3.8) is 0 Å². The van der Waals surface area contributed by atoms with Crippen LogP contribution in [0.15, 0.2) is 53.6 Å². The van der Waals surface area contributed by atoms with Gasteiger partial charge in [-0.05, 0) is 30.3 Å². The minimum Gasteiger partial charge on any atom is -0.316 e. The zero-order chi connectivity index (χ0) is 20.7. The first kappa shape index (κ1) is 18.5. The monoisotopic (exact) mass is 403 g/mol. The van der Waals surface area contributed by atoms with E-state index < -0.39 is 6.10 Å². The van der Waals surface area contributed by atoms with Crippen LogP contribution in [0.1, 0.15) is 34.7 Å². The summed E-state index contributed by atoms with van der Waals surface area (Å²) in [5.41, 5.74) is 6.32. The molecule has 4 aromatic rings. The van der Waals surface area contributed by atoms with Crippen molar-refractivity contribution < 1.29 is 4.84 Å². The standard InChI is InChI=1S/C21H21N7O2/c1-22-10-12-6-8-13(9-7-12)19-17(20-23-11-24-28(20)2)18-16-14(21(29)26-25-18)4-3-5-15(16)27-30-19/h3-9,11,17,19,22,27H,10H2,1-2H3,(H,26,29). The Kier molecular flexibility index (Phi) is 4.53. The van der Waals surface area contributed by atoms with Gasteiger partial charge in [-0.1, -0.05) is 30.3 Å². The lowest BCUT2D eigenvalue weighted by Crippen LogP contribution is -2.22. The number of nitrogens with one attached hydrogen (secondary N) is 3. The van der Waals surface area contributed by atoms with Crippen molar-refractivity contribution in [3.05, 3.63) is 81.8 Å². The summed E-state index contributed by atoms with van der Waals surface area (Å²) in [6, 6.07) is 13.7. The molecule has 0 amide bonds. The van der Waals surface area contributed by atoms with E-state index in [1.807, 2.05) is 38.4 Å². The number of hydrogen-bond acceptors (Lipinski definition) is 7. The molecule has 1 aliphatic rings. The number of benzene rings is 2. The molecule has 0 aliphatic carbocycles. The minimum atomic E-state index is -0.439. The molecule has 2 unspecified atom stereocenters. The molecule has 0 bridgehead atoms. The third-order valence-electron chi connectivity index (χ3n) is 5.45. The van der Waals surface area contributed by atoms with E-state index in [0.717, 1.165) is 17.5 Å². The molecule has 0 radical (unpaired) electrons. The maximum Gasteiger partial charge on any atom is 0.272 e. The summed E-state index contributed by atoms with van der Waals surface area (Å²) in [5, 5.41) is 15.8. The van der Waals surface area contributed by atoms with Crippen LogP contribution in [-0.2, 0) is 18.4 Å². The highest BCUT2D eigenvalue weighted by Crippen LogP contribution is 2.43. The summed E-state index contributed by atoms with van der Waals surface area (Å²) in [6.07, 6.45) is 1.07. The number of rotatable bonds is 4. The highest BCUT2D eigenvalue weighted by atomic mass is 16.7. The fraction of sp³-hybridized carbons (Fsp3) is 0.238. The Labute approximate surface area is 172 Å². The predicted octanol–water partition coefficient (Wildman–Crippen LogP) is 2.00. The first-order chi connectivity index (χ1) is 14.7. The molecule has 30 heavy (non-hydrogen) atoms. The van der Waals surface area contributed by atoms with Gasteiger partial charge < -0.3 is 5.32 Å². The first-order valence-corrected chi connectivity index (χ1v) is 9.67. The molecule has 3 heterocycles. The van der Waals surface area contributed by atoms with Gasteiger partial charge in [0.05, 0.1) is 22.7 Å². The maximum atomic E-state index is 12.4. The molecule has 5 rings (SSSR count). The molecule has 0 fully saturated rings. The molecule has 3 N–H and O–H groups in total. The second-order valence-corrected chi connectivity index (χ2v) is 7.30. The zero-order valence-corrected chi connectivity index (χ0v) is 16.6. The summed E-state index contributed by atoms with van der Waals surface area (Å²) in [4.78, 5) is 23.1. The molecule has 2 aromatic heterocycles. The second-order valence-electron chi connectivity index (χ2n) is 7.30. The lowest BCUT2D eigenvalue weighted by molar-refractivity contribution is 0.0849. The third kappa shape index (κ3) is 2.95. The predicted molar refractivity (Wildman–Crippen MR) is 112 cm³/mol. The van der Waals surface area contributed by atoms with Crippen LogP contribution in [0.2, 0.25) is 0 Å². The van der Waals surface area contributed by atoms with Crippen molar-refractivity contribution in [3.8, 4) is 0 Å². The Morgan fingerprint density at radius 2 is 2.03 bits per heavy atom. The third-order valence-corrected chi connectivity index (χ3v) is 5.45. The summed E-state index contributed by atoms with van der Waals surface area (Å²) in [6.45, 7) is 0.782. The lowest BCUT2D eigenvalue weighted by Gasteiger charge is -2.24. The van der Waals surface area contributed by atoms with Crippen LogP contribution >= 0.6 is 0 Å². The topological polar surface area (TPSA) is 110 Å². The zero-order valence-electron chi connectivity index (χ0n) is 16.6. The smallest absolute Gasteiger partial charge is 0.272 e. The number of aromatic amines is 1. The van der Waals surface area contributed by atoms with Crippen LogP contribution < -0.4 is 16.4 Å². The minimum absolute atomic E-state index is 0.246.